The van der Waals surface area contributed by atoms with Crippen molar-refractivity contribution < 1.29 is 23.4 Å². The molecule has 0 heterocycles. The molecule has 0 amide bonds. The molecule has 222 valence electrons. The fraction of sp³-hybridized carbons (Fsp3) is 0.472. The predicted molar refractivity (Wildman–Crippen MR) is 166 cm³/mol. The van der Waals surface area contributed by atoms with Crippen molar-refractivity contribution in [2.75, 3.05) is 13.2 Å². The Labute approximate surface area is 246 Å². The Morgan fingerprint density at radius 1 is 0.707 bits per heavy atom. The fourth-order valence-electron chi connectivity index (χ4n) is 4.60. The maximum absolute atomic E-state index is 14.6. The van der Waals surface area contributed by atoms with Crippen molar-refractivity contribution in [1.29, 1.82) is 0 Å². The number of hydrogen-bond donors (Lipinski definition) is 0. The molecule has 4 nitrogen and oxygen atoms in total. The number of esters is 1. The number of carbonyl (C=O) groups excluding carboxylic acids is 1. The summed E-state index contributed by atoms with van der Waals surface area (Å²) in [4.78, 5) is 12.7. The Bertz CT molecular complexity index is 1160. The van der Waals surface area contributed by atoms with Gasteiger partial charge in [0.2, 0.25) is 0 Å². The molecule has 0 saturated heterocycles. The Morgan fingerprint density at radius 2 is 1.32 bits per heavy atom. The fourth-order valence-corrected chi connectivity index (χ4v) is 4.60. The zero-order valence-electron chi connectivity index (χ0n) is 25.1. The normalized spacial score (nSPS) is 11.7. The molecule has 41 heavy (non-hydrogen) atoms. The van der Waals surface area contributed by atoms with Crippen molar-refractivity contribution in [1.82, 2.24) is 0 Å². The molecule has 0 saturated carbocycles. The van der Waals surface area contributed by atoms with Gasteiger partial charge in [0, 0.05) is 0 Å². The van der Waals surface area contributed by atoms with Gasteiger partial charge in [-0.1, -0.05) is 96.8 Å². The van der Waals surface area contributed by atoms with E-state index in [0.717, 1.165) is 42.1 Å². The molecule has 0 bridgehead atoms. The smallest absolute Gasteiger partial charge is 0.343 e. The van der Waals surface area contributed by atoms with E-state index in [2.05, 4.69) is 20.8 Å². The van der Waals surface area contributed by atoms with E-state index < -0.39 is 5.97 Å². The van der Waals surface area contributed by atoms with Crippen LogP contribution in [0.15, 0.2) is 66.7 Å². The number of unbranched alkanes of at least 4 members (excludes halogenated alkanes) is 7. The van der Waals surface area contributed by atoms with Crippen LogP contribution in [-0.4, -0.2) is 19.2 Å². The minimum Gasteiger partial charge on any atom is -0.494 e. The third-order valence-electron chi connectivity index (χ3n) is 7.48. The third-order valence-corrected chi connectivity index (χ3v) is 7.48. The molecule has 3 rings (SSSR count). The van der Waals surface area contributed by atoms with E-state index in [1.54, 1.807) is 42.5 Å². The van der Waals surface area contributed by atoms with Crippen LogP contribution in [0, 0.1) is 11.7 Å². The highest BCUT2D eigenvalue weighted by Crippen LogP contribution is 2.27. The van der Waals surface area contributed by atoms with Gasteiger partial charge < -0.3 is 14.2 Å². The second-order valence-electron chi connectivity index (χ2n) is 10.9. The number of carbonyl (C=O) groups is 1. The average molecular weight is 563 g/mol. The largest absolute Gasteiger partial charge is 0.494 e. The van der Waals surface area contributed by atoms with Crippen LogP contribution in [0.3, 0.4) is 0 Å². The summed E-state index contributed by atoms with van der Waals surface area (Å²) >= 11 is 0. The van der Waals surface area contributed by atoms with Crippen molar-refractivity contribution in [3.63, 3.8) is 0 Å². The minimum absolute atomic E-state index is 0.274. The zero-order chi connectivity index (χ0) is 29.3. The van der Waals surface area contributed by atoms with E-state index >= 15 is 0 Å². The van der Waals surface area contributed by atoms with E-state index in [-0.39, 0.29) is 11.6 Å². The van der Waals surface area contributed by atoms with Gasteiger partial charge in [0.1, 0.15) is 11.5 Å². The van der Waals surface area contributed by atoms with E-state index in [9.17, 15) is 9.18 Å². The van der Waals surface area contributed by atoms with Gasteiger partial charge in [-0.3, -0.25) is 0 Å². The molecule has 5 heteroatoms. The molecular weight excluding hydrogens is 515 g/mol. The number of rotatable bonds is 19. The molecule has 0 aliphatic heterocycles. The van der Waals surface area contributed by atoms with Crippen LogP contribution in [0.2, 0.25) is 0 Å². The Morgan fingerprint density at radius 3 is 2.00 bits per heavy atom. The molecule has 0 fully saturated rings. The lowest BCUT2D eigenvalue weighted by molar-refractivity contribution is 0.0734. The molecule has 3 aromatic carbocycles. The molecule has 0 aliphatic carbocycles. The predicted octanol–water partition coefficient (Wildman–Crippen LogP) is 10.4. The second-order valence-corrected chi connectivity index (χ2v) is 10.9. The van der Waals surface area contributed by atoms with Crippen LogP contribution in [0.4, 0.5) is 4.39 Å². The number of hydrogen-bond acceptors (Lipinski definition) is 4. The number of halogens is 1. The van der Waals surface area contributed by atoms with E-state index in [4.69, 9.17) is 14.2 Å². The van der Waals surface area contributed by atoms with Gasteiger partial charge in [-0.05, 0) is 78.4 Å². The lowest BCUT2D eigenvalue weighted by Gasteiger charge is -2.10. The summed E-state index contributed by atoms with van der Waals surface area (Å²) in [6, 6.07) is 19.1. The molecule has 0 N–H and O–H groups in total. The highest BCUT2D eigenvalue weighted by atomic mass is 19.1. The SMILES string of the molecule is CCCCCCCCOc1ccc(-c2ccc(C(=O)Oc3ccc(OCCCCCC(C)CC)cc3)cc2)cc1F. The molecule has 0 aromatic heterocycles. The summed E-state index contributed by atoms with van der Waals surface area (Å²) in [5, 5.41) is 0. The monoisotopic (exact) mass is 562 g/mol. The summed E-state index contributed by atoms with van der Waals surface area (Å²) in [6.45, 7) is 7.95. The van der Waals surface area contributed by atoms with Gasteiger partial charge in [0.05, 0.1) is 18.8 Å². The van der Waals surface area contributed by atoms with E-state index in [1.165, 1.54) is 57.4 Å². The van der Waals surface area contributed by atoms with Crippen molar-refractivity contribution >= 4 is 5.97 Å². The average Bonchev–Trinajstić information content (AvgIpc) is 2.99. The van der Waals surface area contributed by atoms with E-state index in [1.807, 2.05) is 18.2 Å². The number of benzene rings is 3. The topological polar surface area (TPSA) is 44.8 Å². The zero-order valence-corrected chi connectivity index (χ0v) is 25.1. The first-order valence-electron chi connectivity index (χ1n) is 15.5. The first-order valence-corrected chi connectivity index (χ1v) is 15.5. The first-order chi connectivity index (χ1) is 20.0. The van der Waals surface area contributed by atoms with Crippen molar-refractivity contribution in [2.24, 2.45) is 5.92 Å². The van der Waals surface area contributed by atoms with Gasteiger partial charge in [0.15, 0.2) is 11.6 Å². The van der Waals surface area contributed by atoms with Gasteiger partial charge in [0.25, 0.3) is 0 Å². The standard InChI is InChI=1S/C36H47FO4/c1-4-6-7-8-9-12-26-40-35-24-19-31(27-34(35)37)29-15-17-30(18-16-29)36(38)41-33-22-20-32(21-23-33)39-25-13-10-11-14-28(3)5-2/h15-24,27-28H,4-14,25-26H2,1-3H3. The van der Waals surface area contributed by atoms with Gasteiger partial charge in [-0.2, -0.15) is 0 Å². The highest BCUT2D eigenvalue weighted by Gasteiger charge is 2.11. The lowest BCUT2D eigenvalue weighted by Crippen LogP contribution is -2.08. The Hall–Kier alpha value is -3.34. The highest BCUT2D eigenvalue weighted by molar-refractivity contribution is 5.91. The molecule has 1 unspecified atom stereocenters. The molecule has 0 spiro atoms. The van der Waals surface area contributed by atoms with Gasteiger partial charge >= 0.3 is 5.97 Å². The quantitative estimate of drug-likeness (QED) is 0.0828. The van der Waals surface area contributed by atoms with Gasteiger partial charge in [-0.15, -0.1) is 0 Å². The van der Waals surface area contributed by atoms with Crippen molar-refractivity contribution in [2.45, 2.75) is 91.4 Å². The van der Waals surface area contributed by atoms with Crippen LogP contribution >= 0.6 is 0 Å². The first kappa shape index (κ1) is 32.2. The van der Waals surface area contributed by atoms with E-state index in [0.29, 0.717) is 24.5 Å². The third kappa shape index (κ3) is 11.6. The molecule has 0 radical (unpaired) electrons. The molecule has 3 aromatic rings. The summed E-state index contributed by atoms with van der Waals surface area (Å²) in [7, 11) is 0. The second kappa shape index (κ2) is 18.2. The van der Waals surface area contributed by atoms with Gasteiger partial charge in [-0.25, -0.2) is 9.18 Å². The van der Waals surface area contributed by atoms with Crippen LogP contribution in [0.5, 0.6) is 17.2 Å². The van der Waals surface area contributed by atoms with Crippen LogP contribution in [0.1, 0.15) is 102 Å². The maximum Gasteiger partial charge on any atom is 0.343 e. The Balaban J connectivity index is 1.42. The lowest BCUT2D eigenvalue weighted by atomic mass is 10.0. The maximum atomic E-state index is 14.6. The summed E-state index contributed by atoms with van der Waals surface area (Å²) in [5.41, 5.74) is 1.95. The number of ether oxygens (including phenoxy) is 3. The van der Waals surface area contributed by atoms with Crippen LogP contribution in [0.25, 0.3) is 11.1 Å². The Kier molecular flexibility index (Phi) is 14.3. The summed E-state index contributed by atoms with van der Waals surface area (Å²) < 4.78 is 31.6. The minimum atomic E-state index is -0.448. The summed E-state index contributed by atoms with van der Waals surface area (Å²) in [6.07, 6.45) is 12.9. The van der Waals surface area contributed by atoms with Crippen LogP contribution < -0.4 is 14.2 Å². The molecule has 0 aliphatic rings. The summed E-state index contributed by atoms with van der Waals surface area (Å²) in [5.74, 6) is 1.46. The molecule has 1 atom stereocenters. The van der Waals surface area contributed by atoms with Crippen molar-refractivity contribution in [3.8, 4) is 28.4 Å². The molecular formula is C36H47FO4. The van der Waals surface area contributed by atoms with Crippen LogP contribution in [-0.2, 0) is 0 Å². The van der Waals surface area contributed by atoms with Crippen molar-refractivity contribution in [3.05, 3.63) is 78.1 Å².